The molecule has 0 aliphatic carbocycles. The van der Waals surface area contributed by atoms with Gasteiger partial charge in [-0.15, -0.1) is 0 Å². The van der Waals surface area contributed by atoms with Crippen LogP contribution in [-0.4, -0.2) is 19.7 Å². The van der Waals surface area contributed by atoms with Crippen molar-refractivity contribution in [2.75, 3.05) is 0 Å². The number of nitrogens with one attached hydrogen (secondary N) is 1. The van der Waals surface area contributed by atoms with Crippen LogP contribution in [0.15, 0.2) is 27.9 Å². The first-order valence-electron chi connectivity index (χ1n) is 5.18. The van der Waals surface area contributed by atoms with Crippen molar-refractivity contribution in [2.45, 2.75) is 26.2 Å². The first-order chi connectivity index (χ1) is 7.91. The summed E-state index contributed by atoms with van der Waals surface area (Å²) in [6.45, 7) is 6.11. The van der Waals surface area contributed by atoms with Gasteiger partial charge in [0.15, 0.2) is 5.82 Å². The first-order valence-corrected chi connectivity index (χ1v) is 5.98. The number of halogens is 1. The molecule has 0 amide bonds. The second-order valence-electron chi connectivity index (χ2n) is 4.76. The van der Waals surface area contributed by atoms with E-state index in [2.05, 4.69) is 31.0 Å². The molecule has 0 aliphatic heterocycles. The van der Waals surface area contributed by atoms with Gasteiger partial charge in [0.05, 0.1) is 5.69 Å². The molecule has 0 saturated carbocycles. The Hall–Kier alpha value is -1.43. The summed E-state index contributed by atoms with van der Waals surface area (Å²) in [6.07, 6.45) is 3.01. The van der Waals surface area contributed by atoms with Gasteiger partial charge < -0.3 is 0 Å². The highest BCUT2D eigenvalue weighted by Crippen LogP contribution is 2.25. The molecule has 0 atom stereocenters. The second-order valence-corrected chi connectivity index (χ2v) is 5.55. The van der Waals surface area contributed by atoms with E-state index in [1.54, 1.807) is 12.3 Å². The molecule has 1 N–H and O–H groups in total. The second kappa shape index (κ2) is 4.10. The van der Waals surface area contributed by atoms with Gasteiger partial charge in [-0.2, -0.15) is 0 Å². The number of hydrogen-bond acceptors (Lipinski definition) is 3. The fourth-order valence-electron chi connectivity index (χ4n) is 1.49. The summed E-state index contributed by atoms with van der Waals surface area (Å²) in [5, 5.41) is 3.07. The van der Waals surface area contributed by atoms with E-state index in [0.29, 0.717) is 10.3 Å². The van der Waals surface area contributed by atoms with E-state index in [-0.39, 0.29) is 11.0 Å². The minimum absolute atomic E-state index is 0.143. The Kier molecular flexibility index (Phi) is 2.91. The van der Waals surface area contributed by atoms with Gasteiger partial charge in [0.1, 0.15) is 10.8 Å². The van der Waals surface area contributed by atoms with Crippen LogP contribution < -0.4 is 5.56 Å². The Morgan fingerprint density at radius 3 is 2.59 bits per heavy atom. The maximum Gasteiger partial charge on any atom is 0.287 e. The van der Waals surface area contributed by atoms with Gasteiger partial charge in [-0.3, -0.25) is 9.89 Å². The normalized spacial score (nSPS) is 11.8. The van der Waals surface area contributed by atoms with Crippen LogP contribution in [0.2, 0.25) is 0 Å². The maximum atomic E-state index is 12.1. The molecular weight excluding hydrogens is 284 g/mol. The van der Waals surface area contributed by atoms with Gasteiger partial charge in [-0.1, -0.05) is 20.8 Å². The van der Waals surface area contributed by atoms with E-state index in [0.717, 1.165) is 5.69 Å². The summed E-state index contributed by atoms with van der Waals surface area (Å²) in [7, 11) is 0. The van der Waals surface area contributed by atoms with Crippen molar-refractivity contribution in [3.8, 4) is 5.82 Å². The molecule has 2 rings (SSSR count). The van der Waals surface area contributed by atoms with Crippen molar-refractivity contribution in [1.82, 2.24) is 19.7 Å². The highest BCUT2D eigenvalue weighted by Gasteiger charge is 2.23. The fourth-order valence-corrected chi connectivity index (χ4v) is 2.35. The van der Waals surface area contributed by atoms with E-state index in [9.17, 15) is 4.79 Å². The number of hydrogen-bond donors (Lipinski definition) is 1. The van der Waals surface area contributed by atoms with E-state index < -0.39 is 0 Å². The number of aromatic nitrogens is 4. The molecule has 0 fully saturated rings. The van der Waals surface area contributed by atoms with E-state index in [1.807, 2.05) is 20.8 Å². The molecule has 0 spiro atoms. The predicted octanol–water partition coefficient (Wildman–Crippen LogP) is 2.02. The third-order valence-corrected chi connectivity index (χ3v) is 3.12. The standard InChI is InChI=1S/C11H13BrN4O/c1-11(2,3)9-8(12)10(17)16(15-9)7-4-5-13-6-14-7/h4-6,15H,1-3H3. The highest BCUT2D eigenvalue weighted by atomic mass is 79.9. The number of aromatic amines is 1. The van der Waals surface area contributed by atoms with Crippen LogP contribution in [0.5, 0.6) is 0 Å². The van der Waals surface area contributed by atoms with Crippen molar-refractivity contribution in [1.29, 1.82) is 0 Å². The summed E-state index contributed by atoms with van der Waals surface area (Å²) in [5.41, 5.74) is 0.561. The van der Waals surface area contributed by atoms with Crippen LogP contribution in [0.3, 0.4) is 0 Å². The molecule has 0 unspecified atom stereocenters. The zero-order valence-electron chi connectivity index (χ0n) is 9.86. The number of nitrogens with zero attached hydrogens (tertiary/aromatic N) is 3. The zero-order chi connectivity index (χ0) is 12.6. The average molecular weight is 297 g/mol. The molecule has 0 bridgehead atoms. The van der Waals surface area contributed by atoms with E-state index in [4.69, 9.17) is 0 Å². The quantitative estimate of drug-likeness (QED) is 0.876. The molecule has 0 saturated heterocycles. The molecule has 0 aliphatic rings. The summed E-state index contributed by atoms with van der Waals surface area (Å²) in [6, 6.07) is 1.68. The van der Waals surface area contributed by atoms with Gasteiger partial charge in [0, 0.05) is 17.7 Å². The third kappa shape index (κ3) is 2.17. The van der Waals surface area contributed by atoms with Gasteiger partial charge >= 0.3 is 0 Å². The Balaban J connectivity index is 2.63. The number of H-pyrrole nitrogens is 1. The van der Waals surface area contributed by atoms with Gasteiger partial charge in [0.25, 0.3) is 5.56 Å². The lowest BCUT2D eigenvalue weighted by Crippen LogP contribution is -2.15. The van der Waals surface area contributed by atoms with Crippen molar-refractivity contribution in [3.05, 3.63) is 39.1 Å². The molecule has 2 aromatic heterocycles. The average Bonchev–Trinajstić information content (AvgIpc) is 2.57. The maximum absolute atomic E-state index is 12.1. The third-order valence-electron chi connectivity index (χ3n) is 2.38. The zero-order valence-corrected chi connectivity index (χ0v) is 11.4. The Labute approximate surface area is 107 Å². The lowest BCUT2D eigenvalue weighted by atomic mass is 9.93. The molecular formula is C11H13BrN4O. The lowest BCUT2D eigenvalue weighted by Gasteiger charge is -2.16. The number of rotatable bonds is 1. The van der Waals surface area contributed by atoms with Crippen LogP contribution in [0.25, 0.3) is 5.82 Å². The summed E-state index contributed by atoms with van der Waals surface area (Å²) in [5.74, 6) is 0.529. The van der Waals surface area contributed by atoms with E-state index >= 15 is 0 Å². The van der Waals surface area contributed by atoms with E-state index in [1.165, 1.54) is 11.0 Å². The fraction of sp³-hybridized carbons (Fsp3) is 0.364. The summed E-state index contributed by atoms with van der Waals surface area (Å²) in [4.78, 5) is 19.9. The molecule has 6 heteroatoms. The van der Waals surface area contributed by atoms with Crippen molar-refractivity contribution < 1.29 is 0 Å². The van der Waals surface area contributed by atoms with Gasteiger partial charge in [-0.25, -0.2) is 14.6 Å². The van der Waals surface area contributed by atoms with Crippen LogP contribution >= 0.6 is 15.9 Å². The van der Waals surface area contributed by atoms with Crippen LogP contribution in [-0.2, 0) is 5.41 Å². The minimum atomic E-state index is -0.145. The summed E-state index contributed by atoms with van der Waals surface area (Å²) >= 11 is 3.33. The molecule has 5 nitrogen and oxygen atoms in total. The first kappa shape index (κ1) is 12.0. The molecule has 2 heterocycles. The smallest absolute Gasteiger partial charge is 0.287 e. The van der Waals surface area contributed by atoms with Gasteiger partial charge in [-0.05, 0) is 15.9 Å². The highest BCUT2D eigenvalue weighted by molar-refractivity contribution is 9.10. The topological polar surface area (TPSA) is 63.6 Å². The SMILES string of the molecule is CC(C)(C)c1[nH]n(-c2ccncn2)c(=O)c1Br. The Bertz CT molecular complexity index is 580. The molecule has 17 heavy (non-hydrogen) atoms. The molecule has 2 aromatic rings. The Morgan fingerprint density at radius 2 is 2.12 bits per heavy atom. The van der Waals surface area contributed by atoms with Crippen LogP contribution in [0.4, 0.5) is 0 Å². The van der Waals surface area contributed by atoms with Gasteiger partial charge in [0.2, 0.25) is 0 Å². The minimum Gasteiger partial charge on any atom is -0.292 e. The van der Waals surface area contributed by atoms with Crippen molar-refractivity contribution in [2.24, 2.45) is 0 Å². The van der Waals surface area contributed by atoms with Crippen molar-refractivity contribution in [3.63, 3.8) is 0 Å². The molecule has 0 aromatic carbocycles. The largest absolute Gasteiger partial charge is 0.292 e. The lowest BCUT2D eigenvalue weighted by molar-refractivity contribution is 0.556. The molecule has 90 valence electrons. The molecule has 0 radical (unpaired) electrons. The predicted molar refractivity (Wildman–Crippen MR) is 68.4 cm³/mol. The van der Waals surface area contributed by atoms with Crippen molar-refractivity contribution >= 4 is 15.9 Å². The van der Waals surface area contributed by atoms with Crippen LogP contribution in [0, 0.1) is 0 Å². The van der Waals surface area contributed by atoms with Crippen LogP contribution in [0.1, 0.15) is 26.5 Å². The summed E-state index contributed by atoms with van der Waals surface area (Å²) < 4.78 is 1.95. The monoisotopic (exact) mass is 296 g/mol. The Morgan fingerprint density at radius 1 is 1.41 bits per heavy atom.